The Balaban J connectivity index is 0.00000576. The number of hydrogen-bond donors (Lipinski definition) is 2. The number of nitrogens with zero attached hydrogens (tertiary/aromatic N) is 3. The van der Waals surface area contributed by atoms with Gasteiger partial charge in [-0.15, -0.1) is 35.3 Å². The van der Waals surface area contributed by atoms with E-state index in [1.807, 2.05) is 0 Å². The average Bonchev–Trinajstić information content (AvgIpc) is 2.98. The zero-order chi connectivity index (χ0) is 18.2. The molecule has 0 aliphatic rings. The van der Waals surface area contributed by atoms with E-state index in [-0.39, 0.29) is 30.5 Å². The van der Waals surface area contributed by atoms with Gasteiger partial charge < -0.3 is 15.5 Å². The van der Waals surface area contributed by atoms with Crippen LogP contribution in [0.4, 0.5) is 13.2 Å². The van der Waals surface area contributed by atoms with Crippen molar-refractivity contribution in [2.75, 3.05) is 27.2 Å². The van der Waals surface area contributed by atoms with Gasteiger partial charge in [-0.3, -0.25) is 4.99 Å². The highest BCUT2D eigenvalue weighted by Crippen LogP contribution is 2.29. The van der Waals surface area contributed by atoms with Crippen LogP contribution in [0.2, 0.25) is 0 Å². The lowest BCUT2D eigenvalue weighted by molar-refractivity contribution is -0.140. The number of unbranched alkanes of at least 4 members (excludes halogenated alkanes) is 1. The number of guanidine groups is 1. The first-order valence-electron chi connectivity index (χ1n) is 7.90. The minimum absolute atomic E-state index is 0. The summed E-state index contributed by atoms with van der Waals surface area (Å²) in [6, 6.07) is 0.535. The summed E-state index contributed by atoms with van der Waals surface area (Å²) < 4.78 is 37.5. The maximum Gasteiger partial charge on any atom is 0.434 e. The molecule has 1 aromatic rings. The zero-order valence-electron chi connectivity index (χ0n) is 15.0. The van der Waals surface area contributed by atoms with Gasteiger partial charge in [-0.25, -0.2) is 4.98 Å². The van der Waals surface area contributed by atoms with Crippen LogP contribution >= 0.6 is 35.3 Å². The van der Waals surface area contributed by atoms with Crippen molar-refractivity contribution in [3.63, 3.8) is 0 Å². The number of aliphatic imine (C=N–C) groups is 1. The Morgan fingerprint density at radius 1 is 1.32 bits per heavy atom. The highest BCUT2D eigenvalue weighted by Gasteiger charge is 2.33. The minimum atomic E-state index is -4.39. The maximum atomic E-state index is 12.5. The highest BCUT2D eigenvalue weighted by atomic mass is 127. The normalized spacial score (nSPS) is 12.4. The molecule has 0 saturated carbocycles. The minimum Gasteiger partial charge on any atom is -0.356 e. The van der Waals surface area contributed by atoms with Crippen LogP contribution in [0, 0.1) is 0 Å². The Kier molecular flexibility index (Phi) is 11.6. The Labute approximate surface area is 168 Å². The van der Waals surface area contributed by atoms with Gasteiger partial charge in [-0.1, -0.05) is 0 Å². The van der Waals surface area contributed by atoms with E-state index in [1.54, 1.807) is 7.05 Å². The number of nitrogens with one attached hydrogen (secondary N) is 2. The van der Waals surface area contributed by atoms with Gasteiger partial charge in [0, 0.05) is 25.0 Å². The molecule has 146 valence electrons. The van der Waals surface area contributed by atoms with Crippen molar-refractivity contribution in [3.05, 3.63) is 16.1 Å². The van der Waals surface area contributed by atoms with Gasteiger partial charge in [0.15, 0.2) is 11.7 Å². The molecule has 2 N–H and O–H groups in total. The van der Waals surface area contributed by atoms with E-state index in [2.05, 4.69) is 46.4 Å². The van der Waals surface area contributed by atoms with Gasteiger partial charge in [0.25, 0.3) is 0 Å². The fourth-order valence-electron chi connectivity index (χ4n) is 1.85. The molecule has 0 aliphatic carbocycles. The lowest BCUT2D eigenvalue weighted by atomic mass is 10.2. The van der Waals surface area contributed by atoms with Crippen molar-refractivity contribution in [1.82, 2.24) is 20.5 Å². The molecule has 1 rings (SSSR count). The third kappa shape index (κ3) is 9.59. The lowest BCUT2D eigenvalue weighted by Gasteiger charge is -2.20. The summed E-state index contributed by atoms with van der Waals surface area (Å²) in [6.07, 6.45) is -2.33. The molecule has 25 heavy (non-hydrogen) atoms. The quantitative estimate of drug-likeness (QED) is 0.252. The first-order valence-corrected chi connectivity index (χ1v) is 8.78. The van der Waals surface area contributed by atoms with Crippen LogP contribution < -0.4 is 10.6 Å². The van der Waals surface area contributed by atoms with Crippen molar-refractivity contribution in [2.45, 2.75) is 45.5 Å². The summed E-state index contributed by atoms with van der Waals surface area (Å²) in [4.78, 5) is 9.92. The molecule has 0 spiro atoms. The average molecular weight is 493 g/mol. The van der Waals surface area contributed by atoms with Crippen molar-refractivity contribution in [2.24, 2.45) is 4.99 Å². The molecule has 1 heterocycles. The summed E-state index contributed by atoms with van der Waals surface area (Å²) in [5.41, 5.74) is -0.846. The molecule has 0 saturated heterocycles. The first kappa shape index (κ1) is 24.4. The second kappa shape index (κ2) is 11.9. The first-order chi connectivity index (χ1) is 11.2. The second-order valence-corrected chi connectivity index (χ2v) is 6.70. The Hall–Kier alpha value is -0.620. The largest absolute Gasteiger partial charge is 0.434 e. The molecule has 0 bridgehead atoms. The summed E-state index contributed by atoms with van der Waals surface area (Å²) in [7, 11) is 3.73. The standard InChI is InChI=1S/C15H26F3N5S.HI/c1-11(2)23(4)8-6-5-7-20-14(19-3)21-9-13-22-12(10-24-13)15(16,17)18;/h10-11H,5-9H2,1-4H3,(H2,19,20,21);1H. The number of hydrogen-bond acceptors (Lipinski definition) is 4. The molecular weight excluding hydrogens is 466 g/mol. The predicted molar refractivity (Wildman–Crippen MR) is 108 cm³/mol. The van der Waals surface area contributed by atoms with Gasteiger partial charge in [0.2, 0.25) is 0 Å². The smallest absolute Gasteiger partial charge is 0.356 e. The topological polar surface area (TPSA) is 52.6 Å². The zero-order valence-corrected chi connectivity index (χ0v) is 18.1. The van der Waals surface area contributed by atoms with Crippen LogP contribution in [0.3, 0.4) is 0 Å². The van der Waals surface area contributed by atoms with E-state index in [9.17, 15) is 13.2 Å². The molecule has 0 aliphatic heterocycles. The van der Waals surface area contributed by atoms with Crippen molar-refractivity contribution < 1.29 is 13.2 Å². The van der Waals surface area contributed by atoms with Crippen LogP contribution in [0.1, 0.15) is 37.4 Å². The monoisotopic (exact) mass is 493 g/mol. The van der Waals surface area contributed by atoms with Gasteiger partial charge in [0.05, 0.1) is 6.54 Å². The summed E-state index contributed by atoms with van der Waals surface area (Å²) in [6.45, 7) is 6.33. The highest BCUT2D eigenvalue weighted by molar-refractivity contribution is 14.0. The molecule has 0 aromatic carbocycles. The number of alkyl halides is 3. The van der Waals surface area contributed by atoms with Crippen LogP contribution in [-0.2, 0) is 12.7 Å². The van der Waals surface area contributed by atoms with E-state index < -0.39 is 11.9 Å². The summed E-state index contributed by atoms with van der Waals surface area (Å²) in [5.74, 6) is 0.566. The van der Waals surface area contributed by atoms with Crippen molar-refractivity contribution in [1.29, 1.82) is 0 Å². The number of rotatable bonds is 8. The lowest BCUT2D eigenvalue weighted by Crippen LogP contribution is -2.37. The second-order valence-electron chi connectivity index (χ2n) is 5.76. The molecule has 0 radical (unpaired) electrons. The number of aromatic nitrogens is 1. The molecule has 0 amide bonds. The van der Waals surface area contributed by atoms with Crippen molar-refractivity contribution >= 4 is 41.3 Å². The van der Waals surface area contributed by atoms with Gasteiger partial charge >= 0.3 is 6.18 Å². The van der Waals surface area contributed by atoms with Gasteiger partial charge in [-0.05, 0) is 40.3 Å². The fraction of sp³-hybridized carbons (Fsp3) is 0.733. The summed E-state index contributed by atoms with van der Waals surface area (Å²) in [5, 5.41) is 7.54. The molecule has 10 heteroatoms. The predicted octanol–water partition coefficient (Wildman–Crippen LogP) is 3.57. The SMILES string of the molecule is CN=C(NCCCCN(C)C(C)C)NCc1nc(C(F)(F)F)cs1.I. The third-order valence-electron chi connectivity index (χ3n) is 3.58. The van der Waals surface area contributed by atoms with E-state index in [0.717, 1.165) is 42.6 Å². The van der Waals surface area contributed by atoms with Gasteiger partial charge in [0.1, 0.15) is 5.01 Å². The Bertz CT molecular complexity index is 520. The van der Waals surface area contributed by atoms with Crippen LogP contribution in [-0.4, -0.2) is 49.1 Å². The Morgan fingerprint density at radius 2 is 2.00 bits per heavy atom. The number of thiazole rings is 1. The fourth-order valence-corrected chi connectivity index (χ4v) is 2.59. The molecule has 0 unspecified atom stereocenters. The van der Waals surface area contributed by atoms with Crippen LogP contribution in [0.15, 0.2) is 10.4 Å². The molecule has 5 nitrogen and oxygen atoms in total. The molecular formula is C15H27F3IN5S. The van der Waals surface area contributed by atoms with Gasteiger partial charge in [-0.2, -0.15) is 13.2 Å². The Morgan fingerprint density at radius 3 is 2.52 bits per heavy atom. The van der Waals surface area contributed by atoms with E-state index in [1.165, 1.54) is 0 Å². The van der Waals surface area contributed by atoms with E-state index in [0.29, 0.717) is 17.0 Å². The van der Waals surface area contributed by atoms with Crippen LogP contribution in [0.5, 0.6) is 0 Å². The van der Waals surface area contributed by atoms with E-state index in [4.69, 9.17) is 0 Å². The van der Waals surface area contributed by atoms with E-state index >= 15 is 0 Å². The van der Waals surface area contributed by atoms with Crippen molar-refractivity contribution in [3.8, 4) is 0 Å². The molecule has 0 atom stereocenters. The molecule has 0 fully saturated rings. The van der Waals surface area contributed by atoms with Crippen LogP contribution in [0.25, 0.3) is 0 Å². The maximum absolute atomic E-state index is 12.5. The number of halogens is 4. The molecule has 1 aromatic heterocycles. The summed E-state index contributed by atoms with van der Waals surface area (Å²) >= 11 is 0.985. The third-order valence-corrected chi connectivity index (χ3v) is 4.43.